The lowest BCUT2D eigenvalue weighted by molar-refractivity contribution is -0.116. The van der Waals surface area contributed by atoms with E-state index in [1.807, 2.05) is 47.0 Å². The van der Waals surface area contributed by atoms with Crippen molar-refractivity contribution in [1.82, 2.24) is 14.8 Å². The van der Waals surface area contributed by atoms with Gasteiger partial charge in [0, 0.05) is 25.3 Å². The molecule has 1 saturated heterocycles. The van der Waals surface area contributed by atoms with E-state index in [0.717, 1.165) is 36.8 Å². The molecular weight excluding hydrogens is 448 g/mol. The summed E-state index contributed by atoms with van der Waals surface area (Å²) in [6.07, 6.45) is 1.20. The van der Waals surface area contributed by atoms with Crippen LogP contribution in [0.4, 0.5) is 11.6 Å². The number of aromatic nitrogens is 3. The fourth-order valence-corrected chi connectivity index (χ4v) is 4.66. The van der Waals surface area contributed by atoms with Gasteiger partial charge >= 0.3 is 0 Å². The molecule has 3 aromatic rings. The SMILES string of the molecule is CCc1cccc(-n2c(SCC(=O)N(CCC#N)c3ccccc3)nnc2N2CCOCC2)c1. The number of benzene rings is 2. The van der Waals surface area contributed by atoms with E-state index in [1.54, 1.807) is 4.90 Å². The van der Waals surface area contributed by atoms with Crippen LogP contribution in [0.15, 0.2) is 59.8 Å². The fourth-order valence-electron chi connectivity index (χ4n) is 3.84. The third-order valence-electron chi connectivity index (χ3n) is 5.63. The molecule has 1 aliphatic rings. The highest BCUT2D eigenvalue weighted by atomic mass is 32.2. The Balaban J connectivity index is 1.60. The number of hydrogen-bond donors (Lipinski definition) is 0. The van der Waals surface area contributed by atoms with Gasteiger partial charge in [0.15, 0.2) is 5.16 Å². The number of nitrogens with zero attached hydrogens (tertiary/aromatic N) is 6. The van der Waals surface area contributed by atoms with Crippen molar-refractivity contribution < 1.29 is 9.53 Å². The molecule has 0 unspecified atom stereocenters. The second-order valence-corrected chi connectivity index (χ2v) is 8.76. The van der Waals surface area contributed by atoms with Crippen LogP contribution in [-0.4, -0.2) is 59.3 Å². The molecule has 0 bridgehead atoms. The lowest BCUT2D eigenvalue weighted by Crippen LogP contribution is -2.38. The minimum absolute atomic E-state index is 0.0729. The molecule has 8 nitrogen and oxygen atoms in total. The summed E-state index contributed by atoms with van der Waals surface area (Å²) in [5.74, 6) is 0.877. The van der Waals surface area contributed by atoms with E-state index in [9.17, 15) is 4.79 Å². The summed E-state index contributed by atoms with van der Waals surface area (Å²) >= 11 is 1.36. The van der Waals surface area contributed by atoms with Crippen molar-refractivity contribution in [3.05, 3.63) is 60.2 Å². The first-order valence-electron chi connectivity index (χ1n) is 11.4. The smallest absolute Gasteiger partial charge is 0.237 e. The van der Waals surface area contributed by atoms with Crippen LogP contribution in [0, 0.1) is 11.3 Å². The number of carbonyl (C=O) groups is 1. The zero-order valence-electron chi connectivity index (χ0n) is 19.3. The van der Waals surface area contributed by atoms with Crippen LogP contribution in [0.5, 0.6) is 0 Å². The number of hydrogen-bond acceptors (Lipinski definition) is 7. The van der Waals surface area contributed by atoms with Crippen LogP contribution in [0.25, 0.3) is 5.69 Å². The minimum Gasteiger partial charge on any atom is -0.378 e. The van der Waals surface area contributed by atoms with E-state index >= 15 is 0 Å². The summed E-state index contributed by atoms with van der Waals surface area (Å²) in [5, 5.41) is 18.7. The maximum Gasteiger partial charge on any atom is 0.237 e. The van der Waals surface area contributed by atoms with Crippen LogP contribution in [0.2, 0.25) is 0 Å². The molecule has 0 radical (unpaired) electrons. The Kier molecular flexibility index (Phi) is 8.17. The van der Waals surface area contributed by atoms with Crippen LogP contribution < -0.4 is 9.80 Å². The molecule has 0 saturated carbocycles. The standard InChI is InChI=1S/C25H28N6O2S/c1-2-20-8-6-11-22(18-20)31-24(29-14-16-33-17-15-29)27-28-25(31)34-19-23(32)30(13-7-12-26)21-9-4-3-5-10-21/h3-6,8-11,18H,2,7,13-17,19H2,1H3. The van der Waals surface area contributed by atoms with Crippen molar-refractivity contribution in [2.45, 2.75) is 24.9 Å². The molecule has 1 aromatic heterocycles. The van der Waals surface area contributed by atoms with Crippen molar-refractivity contribution in [3.63, 3.8) is 0 Å². The van der Waals surface area contributed by atoms with Crippen LogP contribution in [0.1, 0.15) is 18.9 Å². The molecule has 2 aromatic carbocycles. The number of amides is 1. The molecule has 0 atom stereocenters. The molecule has 34 heavy (non-hydrogen) atoms. The molecule has 176 valence electrons. The monoisotopic (exact) mass is 476 g/mol. The average molecular weight is 477 g/mol. The Morgan fingerprint density at radius 3 is 2.68 bits per heavy atom. The first-order chi connectivity index (χ1) is 16.7. The highest BCUT2D eigenvalue weighted by molar-refractivity contribution is 7.99. The van der Waals surface area contributed by atoms with Gasteiger partial charge in [0.2, 0.25) is 11.9 Å². The largest absolute Gasteiger partial charge is 0.378 e. The van der Waals surface area contributed by atoms with Crippen LogP contribution in [-0.2, 0) is 16.0 Å². The quantitative estimate of drug-likeness (QED) is 0.435. The summed E-state index contributed by atoms with van der Waals surface area (Å²) in [5.41, 5.74) is 2.98. The number of thioether (sulfide) groups is 1. The lowest BCUT2D eigenvalue weighted by Gasteiger charge is -2.28. The number of anilines is 2. The van der Waals surface area contributed by atoms with Gasteiger partial charge in [0.1, 0.15) is 0 Å². The van der Waals surface area contributed by atoms with Gasteiger partial charge in [-0.2, -0.15) is 5.26 Å². The number of carbonyl (C=O) groups excluding carboxylic acids is 1. The second-order valence-electron chi connectivity index (χ2n) is 7.82. The van der Waals surface area contributed by atoms with Crippen molar-refractivity contribution in [1.29, 1.82) is 5.26 Å². The molecule has 9 heteroatoms. The molecule has 0 spiro atoms. The highest BCUT2D eigenvalue weighted by Gasteiger charge is 2.23. The van der Waals surface area contributed by atoms with Crippen LogP contribution >= 0.6 is 11.8 Å². The molecule has 2 heterocycles. The summed E-state index contributed by atoms with van der Waals surface area (Å²) in [7, 11) is 0. The predicted molar refractivity (Wildman–Crippen MR) is 134 cm³/mol. The maximum absolute atomic E-state index is 13.2. The summed E-state index contributed by atoms with van der Waals surface area (Å²) in [4.78, 5) is 17.0. The van der Waals surface area contributed by atoms with E-state index in [0.29, 0.717) is 24.9 Å². The Morgan fingerprint density at radius 2 is 1.94 bits per heavy atom. The molecule has 1 aliphatic heterocycles. The first kappa shape index (κ1) is 23.8. The average Bonchev–Trinajstić information content (AvgIpc) is 3.33. The summed E-state index contributed by atoms with van der Waals surface area (Å²) in [6, 6.07) is 19.9. The van der Waals surface area contributed by atoms with E-state index in [-0.39, 0.29) is 18.1 Å². The van der Waals surface area contributed by atoms with E-state index in [2.05, 4.69) is 40.2 Å². The number of aryl methyl sites for hydroxylation is 1. The van der Waals surface area contributed by atoms with Gasteiger partial charge in [-0.1, -0.05) is 49.0 Å². The number of ether oxygens (including phenoxy) is 1. The second kappa shape index (κ2) is 11.7. The Bertz CT molecular complexity index is 1140. The van der Waals surface area contributed by atoms with Gasteiger partial charge in [0.25, 0.3) is 0 Å². The van der Waals surface area contributed by atoms with E-state index < -0.39 is 0 Å². The molecule has 1 fully saturated rings. The van der Waals surface area contributed by atoms with Crippen molar-refractivity contribution in [2.24, 2.45) is 0 Å². The van der Waals surface area contributed by atoms with Crippen molar-refractivity contribution in [3.8, 4) is 11.8 Å². The van der Waals surface area contributed by atoms with Crippen molar-refractivity contribution in [2.75, 3.05) is 48.4 Å². The topological polar surface area (TPSA) is 87.3 Å². The number of morpholine rings is 1. The minimum atomic E-state index is -0.0729. The first-order valence-corrected chi connectivity index (χ1v) is 12.4. The molecule has 0 aliphatic carbocycles. The molecule has 4 rings (SSSR count). The number of nitriles is 1. The summed E-state index contributed by atoms with van der Waals surface area (Å²) < 4.78 is 7.54. The Morgan fingerprint density at radius 1 is 1.15 bits per heavy atom. The Labute approximate surface area is 204 Å². The van der Waals surface area contributed by atoms with Gasteiger partial charge in [0.05, 0.1) is 37.1 Å². The molecular formula is C25H28N6O2S. The number of para-hydroxylation sites is 1. The normalized spacial score (nSPS) is 13.5. The van der Waals surface area contributed by atoms with Gasteiger partial charge in [-0.3, -0.25) is 9.36 Å². The van der Waals surface area contributed by atoms with E-state index in [4.69, 9.17) is 10.00 Å². The Hall–Kier alpha value is -3.35. The zero-order valence-corrected chi connectivity index (χ0v) is 20.1. The van der Waals surface area contributed by atoms with Gasteiger partial charge in [-0.05, 0) is 36.2 Å². The maximum atomic E-state index is 13.2. The van der Waals surface area contributed by atoms with Crippen molar-refractivity contribution >= 4 is 29.3 Å². The predicted octanol–water partition coefficient (Wildman–Crippen LogP) is 3.71. The van der Waals surface area contributed by atoms with E-state index in [1.165, 1.54) is 17.3 Å². The van der Waals surface area contributed by atoms with Gasteiger partial charge < -0.3 is 14.5 Å². The lowest BCUT2D eigenvalue weighted by atomic mass is 10.1. The molecule has 1 amide bonds. The third kappa shape index (κ3) is 5.58. The van der Waals surface area contributed by atoms with Gasteiger partial charge in [-0.25, -0.2) is 0 Å². The molecule has 0 N–H and O–H groups in total. The highest BCUT2D eigenvalue weighted by Crippen LogP contribution is 2.28. The van der Waals surface area contributed by atoms with Crippen LogP contribution in [0.3, 0.4) is 0 Å². The summed E-state index contributed by atoms with van der Waals surface area (Å²) in [6.45, 7) is 5.25. The zero-order chi connectivity index (χ0) is 23.8. The number of rotatable bonds is 9. The fraction of sp³-hybridized carbons (Fsp3) is 0.360. The van der Waals surface area contributed by atoms with Gasteiger partial charge in [-0.15, -0.1) is 10.2 Å². The third-order valence-corrected chi connectivity index (χ3v) is 6.54.